The lowest BCUT2D eigenvalue weighted by molar-refractivity contribution is 0.102. The Morgan fingerprint density at radius 3 is 2.80 bits per heavy atom. The number of anilines is 1. The van der Waals surface area contributed by atoms with Crippen molar-refractivity contribution in [2.24, 2.45) is 7.05 Å². The summed E-state index contributed by atoms with van der Waals surface area (Å²) in [6.07, 6.45) is 1.72. The Labute approximate surface area is 150 Å². The number of hydrogen-bond donors (Lipinski definition) is 1. The molecule has 0 bridgehead atoms. The van der Waals surface area contributed by atoms with E-state index in [1.807, 2.05) is 24.3 Å². The lowest BCUT2D eigenvalue weighted by Crippen LogP contribution is -2.13. The van der Waals surface area contributed by atoms with Crippen LogP contribution < -0.4 is 10.1 Å². The van der Waals surface area contributed by atoms with Crippen LogP contribution >= 0.6 is 11.6 Å². The number of aromatic nitrogens is 3. The van der Waals surface area contributed by atoms with E-state index in [9.17, 15) is 4.79 Å². The monoisotopic (exact) mass is 356 g/mol. The second-order valence-electron chi connectivity index (χ2n) is 5.47. The van der Waals surface area contributed by atoms with E-state index in [0.717, 1.165) is 5.69 Å². The summed E-state index contributed by atoms with van der Waals surface area (Å²) in [6.45, 7) is 2.10. The Balaban J connectivity index is 1.70. The summed E-state index contributed by atoms with van der Waals surface area (Å²) >= 11 is 6.13. The van der Waals surface area contributed by atoms with Gasteiger partial charge in [-0.25, -0.2) is 0 Å². The van der Waals surface area contributed by atoms with Gasteiger partial charge in [0.15, 0.2) is 0 Å². The van der Waals surface area contributed by atoms with Gasteiger partial charge in [-0.2, -0.15) is 5.10 Å². The van der Waals surface area contributed by atoms with Crippen LogP contribution in [0, 0.1) is 6.92 Å². The number of nitrogens with zero attached hydrogens (tertiary/aromatic N) is 3. The van der Waals surface area contributed by atoms with Crippen LogP contribution in [0.1, 0.15) is 21.7 Å². The highest BCUT2D eigenvalue weighted by atomic mass is 35.5. The summed E-state index contributed by atoms with van der Waals surface area (Å²) in [5.74, 6) is 0.329. The fourth-order valence-electron chi connectivity index (χ4n) is 2.39. The van der Waals surface area contributed by atoms with Gasteiger partial charge in [-0.3, -0.25) is 14.5 Å². The molecule has 0 spiro atoms. The summed E-state index contributed by atoms with van der Waals surface area (Å²) < 4.78 is 7.19. The third-order valence-corrected chi connectivity index (χ3v) is 4.02. The van der Waals surface area contributed by atoms with Gasteiger partial charge in [0.25, 0.3) is 5.91 Å². The highest BCUT2D eigenvalue weighted by molar-refractivity contribution is 6.33. The Morgan fingerprint density at radius 2 is 2.12 bits per heavy atom. The molecule has 25 heavy (non-hydrogen) atoms. The number of amides is 1. The second kappa shape index (κ2) is 7.36. The maximum atomic E-state index is 12.5. The number of ether oxygens (including phenoxy) is 1. The molecule has 0 unspecified atom stereocenters. The molecule has 0 fully saturated rings. The van der Waals surface area contributed by atoms with E-state index in [-0.39, 0.29) is 5.91 Å². The van der Waals surface area contributed by atoms with Gasteiger partial charge in [0.05, 0.1) is 17.0 Å². The van der Waals surface area contributed by atoms with Crippen LogP contribution in [-0.4, -0.2) is 20.7 Å². The molecule has 3 aromatic rings. The molecule has 128 valence electrons. The number of carbonyl (C=O) groups is 1. The van der Waals surface area contributed by atoms with Gasteiger partial charge in [-0.1, -0.05) is 23.7 Å². The SMILES string of the molecule is Cc1nn(C)c(Cl)c1C(=O)Nc1cccc(OCc2ccccn2)c1. The average Bonchev–Trinajstić information content (AvgIpc) is 2.86. The van der Waals surface area contributed by atoms with E-state index in [1.165, 1.54) is 4.68 Å². The van der Waals surface area contributed by atoms with Crippen LogP contribution in [0.2, 0.25) is 5.15 Å². The van der Waals surface area contributed by atoms with Gasteiger partial charge in [0.1, 0.15) is 17.5 Å². The Hall–Kier alpha value is -2.86. The van der Waals surface area contributed by atoms with Crippen molar-refractivity contribution in [2.45, 2.75) is 13.5 Å². The van der Waals surface area contributed by atoms with E-state index in [2.05, 4.69) is 15.4 Å². The Bertz CT molecular complexity index is 893. The van der Waals surface area contributed by atoms with Gasteiger partial charge in [0.2, 0.25) is 0 Å². The number of carbonyl (C=O) groups excluding carboxylic acids is 1. The van der Waals surface area contributed by atoms with E-state index >= 15 is 0 Å². The zero-order valence-electron chi connectivity index (χ0n) is 13.9. The zero-order valence-corrected chi connectivity index (χ0v) is 14.6. The minimum Gasteiger partial charge on any atom is -0.487 e. The highest BCUT2D eigenvalue weighted by Gasteiger charge is 2.19. The van der Waals surface area contributed by atoms with Crippen molar-refractivity contribution in [1.29, 1.82) is 0 Å². The number of nitrogens with one attached hydrogen (secondary N) is 1. The second-order valence-corrected chi connectivity index (χ2v) is 5.82. The zero-order chi connectivity index (χ0) is 17.8. The number of aryl methyl sites for hydroxylation is 2. The van der Waals surface area contributed by atoms with Gasteiger partial charge in [0, 0.05) is 25.0 Å². The van der Waals surface area contributed by atoms with E-state index in [1.54, 1.807) is 38.4 Å². The van der Waals surface area contributed by atoms with E-state index in [0.29, 0.717) is 34.5 Å². The largest absolute Gasteiger partial charge is 0.487 e. The van der Waals surface area contributed by atoms with Crippen LogP contribution in [0.5, 0.6) is 5.75 Å². The fourth-order valence-corrected chi connectivity index (χ4v) is 2.65. The van der Waals surface area contributed by atoms with Crippen molar-refractivity contribution in [3.63, 3.8) is 0 Å². The van der Waals surface area contributed by atoms with Crippen molar-refractivity contribution in [3.8, 4) is 5.75 Å². The lowest BCUT2D eigenvalue weighted by Gasteiger charge is -2.09. The smallest absolute Gasteiger partial charge is 0.260 e. The molecule has 1 N–H and O–H groups in total. The van der Waals surface area contributed by atoms with Crippen LogP contribution in [0.25, 0.3) is 0 Å². The van der Waals surface area contributed by atoms with Crippen LogP contribution in [-0.2, 0) is 13.7 Å². The first kappa shape index (κ1) is 17.0. The number of benzene rings is 1. The first-order valence-electron chi connectivity index (χ1n) is 7.68. The molecule has 1 aromatic carbocycles. The molecule has 6 nitrogen and oxygen atoms in total. The van der Waals surface area contributed by atoms with E-state index in [4.69, 9.17) is 16.3 Å². The number of halogens is 1. The Kier molecular flexibility index (Phi) is 5.00. The van der Waals surface area contributed by atoms with Gasteiger partial charge < -0.3 is 10.1 Å². The van der Waals surface area contributed by atoms with Crippen molar-refractivity contribution < 1.29 is 9.53 Å². The van der Waals surface area contributed by atoms with Crippen molar-refractivity contribution in [2.75, 3.05) is 5.32 Å². The molecular formula is C18H17ClN4O2. The number of rotatable bonds is 5. The minimum absolute atomic E-state index is 0.303. The first-order chi connectivity index (χ1) is 12.0. The van der Waals surface area contributed by atoms with Crippen molar-refractivity contribution in [3.05, 3.63) is 70.8 Å². The fraction of sp³-hybridized carbons (Fsp3) is 0.167. The number of hydrogen-bond acceptors (Lipinski definition) is 4. The molecule has 0 aliphatic heterocycles. The maximum Gasteiger partial charge on any atom is 0.260 e. The lowest BCUT2D eigenvalue weighted by atomic mass is 10.2. The summed E-state index contributed by atoms with van der Waals surface area (Å²) in [5.41, 5.74) is 2.38. The van der Waals surface area contributed by atoms with Gasteiger partial charge >= 0.3 is 0 Å². The average molecular weight is 357 g/mol. The highest BCUT2D eigenvalue weighted by Crippen LogP contribution is 2.22. The summed E-state index contributed by atoms with van der Waals surface area (Å²) in [5, 5.41) is 7.27. The molecule has 0 aliphatic carbocycles. The van der Waals surface area contributed by atoms with Crippen LogP contribution in [0.4, 0.5) is 5.69 Å². The minimum atomic E-state index is -0.308. The quantitative estimate of drug-likeness (QED) is 0.758. The van der Waals surface area contributed by atoms with Crippen LogP contribution in [0.3, 0.4) is 0 Å². The molecule has 0 aliphatic rings. The third kappa shape index (κ3) is 3.97. The molecule has 1 amide bonds. The molecule has 0 atom stereocenters. The molecule has 2 aromatic heterocycles. The molecule has 3 rings (SSSR count). The van der Waals surface area contributed by atoms with Gasteiger partial charge in [-0.15, -0.1) is 0 Å². The predicted octanol–water partition coefficient (Wildman–Crippen LogP) is 3.61. The summed E-state index contributed by atoms with van der Waals surface area (Å²) in [4.78, 5) is 16.7. The normalized spacial score (nSPS) is 10.5. The standard InChI is InChI=1S/C18H17ClN4O2/c1-12-16(17(19)23(2)22-12)18(24)21-13-7-5-8-15(10-13)25-11-14-6-3-4-9-20-14/h3-10H,11H2,1-2H3,(H,21,24). The summed E-state index contributed by atoms with van der Waals surface area (Å²) in [7, 11) is 1.69. The number of pyridine rings is 1. The van der Waals surface area contributed by atoms with E-state index < -0.39 is 0 Å². The molecule has 0 radical (unpaired) electrons. The molecule has 2 heterocycles. The predicted molar refractivity (Wildman–Crippen MR) is 95.9 cm³/mol. The van der Waals surface area contributed by atoms with Crippen LogP contribution in [0.15, 0.2) is 48.7 Å². The first-order valence-corrected chi connectivity index (χ1v) is 8.05. The molecular weight excluding hydrogens is 340 g/mol. The molecule has 0 saturated carbocycles. The molecule has 0 saturated heterocycles. The Morgan fingerprint density at radius 1 is 1.28 bits per heavy atom. The maximum absolute atomic E-state index is 12.5. The molecule has 7 heteroatoms. The van der Waals surface area contributed by atoms with Gasteiger partial charge in [-0.05, 0) is 31.2 Å². The third-order valence-electron chi connectivity index (χ3n) is 3.58. The van der Waals surface area contributed by atoms with Crippen molar-refractivity contribution >= 4 is 23.2 Å². The topological polar surface area (TPSA) is 69.0 Å². The van der Waals surface area contributed by atoms with Crippen molar-refractivity contribution in [1.82, 2.24) is 14.8 Å². The summed E-state index contributed by atoms with van der Waals surface area (Å²) in [6, 6.07) is 12.8.